The summed E-state index contributed by atoms with van der Waals surface area (Å²) in [6.07, 6.45) is 12.5. The maximum atomic E-state index is 12.5. The van der Waals surface area contributed by atoms with Crippen LogP contribution in [0.25, 0.3) is 27.6 Å². The summed E-state index contributed by atoms with van der Waals surface area (Å²) in [6, 6.07) is 10.9. The molecule has 2 aliphatic rings. The van der Waals surface area contributed by atoms with E-state index >= 15 is 0 Å². The molecule has 0 saturated carbocycles. The number of azide groups is 1. The molecule has 2 unspecified atom stereocenters. The van der Waals surface area contributed by atoms with E-state index in [1.165, 1.54) is 24.5 Å². The molecule has 0 radical (unpaired) electrons. The highest BCUT2D eigenvalue weighted by atomic mass is 16.5. The van der Waals surface area contributed by atoms with E-state index in [1.807, 2.05) is 18.2 Å². The molecule has 178 valence electrons. The first kappa shape index (κ1) is 22.8. The average Bonchev–Trinajstić information content (AvgIpc) is 3.42. The van der Waals surface area contributed by atoms with Crippen LogP contribution in [0.1, 0.15) is 24.0 Å². The first-order valence-electron chi connectivity index (χ1n) is 11.6. The van der Waals surface area contributed by atoms with Gasteiger partial charge in [0.2, 0.25) is 5.91 Å². The molecule has 4 heterocycles. The number of benzene rings is 1. The van der Waals surface area contributed by atoms with E-state index in [1.54, 1.807) is 35.5 Å². The van der Waals surface area contributed by atoms with Crippen LogP contribution < -0.4 is 5.32 Å². The first-order valence-corrected chi connectivity index (χ1v) is 11.6. The smallest absolute Gasteiger partial charge is 0.248 e. The van der Waals surface area contributed by atoms with Gasteiger partial charge < -0.3 is 10.1 Å². The summed E-state index contributed by atoms with van der Waals surface area (Å²) in [5, 5.41) is 10.6. The van der Waals surface area contributed by atoms with E-state index in [0.29, 0.717) is 12.1 Å². The number of nitrogens with zero attached hydrogens (tertiary/aromatic N) is 7. The molecule has 2 aromatic heterocycles. The van der Waals surface area contributed by atoms with Crippen molar-refractivity contribution in [1.29, 1.82) is 0 Å². The summed E-state index contributed by atoms with van der Waals surface area (Å²) in [6.45, 7) is 2.68. The Kier molecular flexibility index (Phi) is 6.85. The predicted octanol–water partition coefficient (Wildman–Crippen LogP) is 4.23. The second kappa shape index (κ2) is 10.5. The highest BCUT2D eigenvalue weighted by Gasteiger charge is 2.36. The van der Waals surface area contributed by atoms with E-state index in [-0.39, 0.29) is 12.6 Å². The van der Waals surface area contributed by atoms with Gasteiger partial charge in [-0.2, -0.15) is 5.10 Å². The Morgan fingerprint density at radius 2 is 2.00 bits per heavy atom. The van der Waals surface area contributed by atoms with Crippen molar-refractivity contribution in [2.75, 3.05) is 18.5 Å². The molecule has 5 rings (SSSR count). The van der Waals surface area contributed by atoms with Crippen molar-refractivity contribution >= 4 is 17.7 Å². The molecule has 2 aliphatic heterocycles. The molecule has 1 N–H and O–H groups in total. The van der Waals surface area contributed by atoms with Gasteiger partial charge in [0, 0.05) is 65.0 Å². The Labute approximate surface area is 202 Å². The Morgan fingerprint density at radius 1 is 1.20 bits per heavy atom. The molecule has 3 aromatic rings. The minimum Gasteiger partial charge on any atom is -0.378 e. The number of hydrogen-bond acceptors (Lipinski definition) is 6. The number of hydrogen-bond donors (Lipinski definition) is 1. The molecule has 0 spiro atoms. The first-order chi connectivity index (χ1) is 17.2. The van der Waals surface area contributed by atoms with Crippen molar-refractivity contribution in [3.05, 3.63) is 82.8 Å². The van der Waals surface area contributed by atoms with Gasteiger partial charge in [-0.1, -0.05) is 17.2 Å². The summed E-state index contributed by atoms with van der Waals surface area (Å²) in [5.41, 5.74) is 13.0. The summed E-state index contributed by atoms with van der Waals surface area (Å²) in [4.78, 5) is 22.0. The van der Waals surface area contributed by atoms with E-state index in [9.17, 15) is 4.79 Å². The molecule has 0 aliphatic carbocycles. The Hall–Kier alpha value is -3.98. The van der Waals surface area contributed by atoms with Gasteiger partial charge in [-0.05, 0) is 53.8 Å². The molecule has 1 aromatic carbocycles. The van der Waals surface area contributed by atoms with Gasteiger partial charge in [0.25, 0.3) is 0 Å². The molecule has 2 fully saturated rings. The zero-order chi connectivity index (χ0) is 24.0. The van der Waals surface area contributed by atoms with Crippen LogP contribution in [0.3, 0.4) is 0 Å². The normalized spacial score (nSPS) is 19.5. The van der Waals surface area contributed by atoms with E-state index in [2.05, 4.69) is 42.5 Å². The van der Waals surface area contributed by atoms with Crippen molar-refractivity contribution < 1.29 is 9.53 Å². The Morgan fingerprint density at radius 3 is 2.77 bits per heavy atom. The van der Waals surface area contributed by atoms with Crippen molar-refractivity contribution in [2.24, 2.45) is 5.11 Å². The average molecular weight is 471 g/mol. The molecule has 2 atom stereocenters. The van der Waals surface area contributed by atoms with Crippen LogP contribution in [0.4, 0.5) is 5.69 Å². The number of rotatable bonds is 8. The second-order valence-electron chi connectivity index (χ2n) is 8.72. The van der Waals surface area contributed by atoms with Gasteiger partial charge in [0.1, 0.15) is 6.67 Å². The number of ether oxygens (including phenoxy) is 1. The van der Waals surface area contributed by atoms with Gasteiger partial charge in [0.15, 0.2) is 0 Å². The Bertz CT molecular complexity index is 1250. The van der Waals surface area contributed by atoms with Crippen LogP contribution in [0, 0.1) is 0 Å². The fraction of sp³-hybridized carbons (Fsp3) is 0.320. The second-order valence-corrected chi connectivity index (χ2v) is 8.72. The minimum atomic E-state index is -0.224. The largest absolute Gasteiger partial charge is 0.378 e. The quantitative estimate of drug-likeness (QED) is 0.229. The third-order valence-electron chi connectivity index (χ3n) is 6.46. The third-order valence-corrected chi connectivity index (χ3v) is 6.46. The summed E-state index contributed by atoms with van der Waals surface area (Å²) in [7, 11) is 0. The molecule has 2 bridgehead atoms. The number of anilines is 1. The molecule has 10 nitrogen and oxygen atoms in total. The zero-order valence-corrected chi connectivity index (χ0v) is 19.2. The summed E-state index contributed by atoms with van der Waals surface area (Å²) >= 11 is 0. The van der Waals surface area contributed by atoms with Crippen LogP contribution in [0.5, 0.6) is 0 Å². The lowest BCUT2D eigenvalue weighted by Crippen LogP contribution is -2.45. The molecule has 1 amide bonds. The topological polar surface area (TPSA) is 121 Å². The molecule has 10 heteroatoms. The molecular formula is C25H26N8O2. The van der Waals surface area contributed by atoms with Gasteiger partial charge >= 0.3 is 0 Å². The summed E-state index contributed by atoms with van der Waals surface area (Å²) < 4.78 is 7.22. The zero-order valence-electron chi connectivity index (χ0n) is 19.2. The summed E-state index contributed by atoms with van der Waals surface area (Å²) in [5.74, 6) is -0.224. The van der Waals surface area contributed by atoms with Crippen LogP contribution in [0.2, 0.25) is 0 Å². The van der Waals surface area contributed by atoms with Crippen LogP contribution in [0.15, 0.2) is 66.3 Å². The molecule has 35 heavy (non-hydrogen) atoms. The van der Waals surface area contributed by atoms with Crippen molar-refractivity contribution in [2.45, 2.75) is 38.1 Å². The number of carbonyl (C=O) groups is 1. The number of morpholine rings is 1. The number of carbonyl (C=O) groups excluding carboxylic acids is 1. The fourth-order valence-electron chi connectivity index (χ4n) is 4.70. The van der Waals surface area contributed by atoms with Gasteiger partial charge in [-0.25, -0.2) is 0 Å². The molecular weight excluding hydrogens is 444 g/mol. The third kappa shape index (κ3) is 5.41. The number of pyridine rings is 1. The van der Waals surface area contributed by atoms with Crippen LogP contribution >= 0.6 is 0 Å². The SMILES string of the molecule is [N-]=[N+]=NCn1cc(-c2ccncc2/C=C/C(=O)Nc2ccc(CN3C4CCC3COC4)cc2)cn1. The van der Waals surface area contributed by atoms with Gasteiger partial charge in [0.05, 0.1) is 19.4 Å². The number of nitrogens with one attached hydrogen (secondary N) is 1. The highest BCUT2D eigenvalue weighted by molar-refractivity contribution is 6.02. The maximum Gasteiger partial charge on any atom is 0.248 e. The number of fused-ring (bicyclic) bond motifs is 2. The lowest BCUT2D eigenvalue weighted by atomic mass is 10.0. The van der Waals surface area contributed by atoms with Crippen molar-refractivity contribution in [3.63, 3.8) is 0 Å². The van der Waals surface area contributed by atoms with Crippen LogP contribution in [-0.4, -0.2) is 50.9 Å². The Balaban J connectivity index is 1.21. The number of amides is 1. The number of aromatic nitrogens is 3. The fourth-order valence-corrected chi connectivity index (χ4v) is 4.70. The van der Waals surface area contributed by atoms with Crippen molar-refractivity contribution in [1.82, 2.24) is 19.7 Å². The standard InChI is InChI=1S/C25H26N8O2/c26-31-28-17-32-14-20(12-29-32)24-9-10-27-11-19(24)3-8-25(34)30-21-4-1-18(2-5-21)13-33-22-6-7-23(33)16-35-15-22/h1-5,8-12,14,22-23H,6-7,13,15-17H2,(H,30,34)/b8-3+. The van der Waals surface area contributed by atoms with E-state index in [4.69, 9.17) is 10.3 Å². The molecule has 2 saturated heterocycles. The monoisotopic (exact) mass is 470 g/mol. The minimum absolute atomic E-state index is 0.113. The lowest BCUT2D eigenvalue weighted by Gasteiger charge is -2.34. The van der Waals surface area contributed by atoms with Crippen LogP contribution in [-0.2, 0) is 22.7 Å². The van der Waals surface area contributed by atoms with E-state index < -0.39 is 0 Å². The maximum absolute atomic E-state index is 12.5. The highest BCUT2D eigenvalue weighted by Crippen LogP contribution is 2.30. The predicted molar refractivity (Wildman–Crippen MR) is 132 cm³/mol. The van der Waals surface area contributed by atoms with Gasteiger partial charge in [-0.3, -0.25) is 19.4 Å². The van der Waals surface area contributed by atoms with E-state index in [0.717, 1.165) is 42.1 Å². The van der Waals surface area contributed by atoms with Crippen molar-refractivity contribution in [3.8, 4) is 11.1 Å². The lowest BCUT2D eigenvalue weighted by molar-refractivity contribution is -0.111. The van der Waals surface area contributed by atoms with Gasteiger partial charge in [-0.15, -0.1) is 0 Å².